The third-order valence-electron chi connectivity index (χ3n) is 2.28. The van der Waals surface area contributed by atoms with E-state index in [9.17, 15) is 9.18 Å². The molecule has 2 aromatic rings. The van der Waals surface area contributed by atoms with Crippen molar-refractivity contribution in [3.63, 3.8) is 0 Å². The van der Waals surface area contributed by atoms with E-state index >= 15 is 0 Å². The summed E-state index contributed by atoms with van der Waals surface area (Å²) in [6.07, 6.45) is 2.94. The number of nitrogens with two attached hydrogens (primary N) is 1. The first kappa shape index (κ1) is 13.3. The smallest absolute Gasteiger partial charge is 0.341 e. The fraction of sp³-hybridized carbons (Fsp3) is 0. The Morgan fingerprint density at radius 2 is 2.16 bits per heavy atom. The summed E-state index contributed by atoms with van der Waals surface area (Å²) in [7, 11) is 0. The molecule has 0 aliphatic carbocycles. The van der Waals surface area contributed by atoms with Crippen LogP contribution in [-0.4, -0.2) is 16.1 Å². The molecule has 2 rings (SSSR count). The molecule has 19 heavy (non-hydrogen) atoms. The molecule has 0 saturated heterocycles. The number of halogens is 2. The fourth-order valence-electron chi connectivity index (χ4n) is 1.45. The van der Waals surface area contributed by atoms with Crippen LogP contribution in [0.25, 0.3) is 0 Å². The average molecular weight is 327 g/mol. The van der Waals surface area contributed by atoms with Gasteiger partial charge in [0.05, 0.1) is 11.9 Å². The largest absolute Gasteiger partial charge is 0.477 e. The fourth-order valence-corrected chi connectivity index (χ4v) is 1.80. The maximum atomic E-state index is 13.3. The molecule has 0 amide bonds. The molecular weight excluding hydrogens is 319 g/mol. The number of carboxylic acid groups (broad SMARTS) is 1. The van der Waals surface area contributed by atoms with Crippen LogP contribution in [0.5, 0.6) is 11.5 Å². The molecule has 1 aromatic heterocycles. The topological polar surface area (TPSA) is 85.4 Å². The van der Waals surface area contributed by atoms with Gasteiger partial charge in [-0.15, -0.1) is 0 Å². The van der Waals surface area contributed by atoms with Crippen LogP contribution >= 0.6 is 15.9 Å². The Balaban J connectivity index is 2.46. The monoisotopic (exact) mass is 326 g/mol. The van der Waals surface area contributed by atoms with Gasteiger partial charge in [0.25, 0.3) is 0 Å². The van der Waals surface area contributed by atoms with Crippen LogP contribution in [0.3, 0.4) is 0 Å². The van der Waals surface area contributed by atoms with Crippen molar-refractivity contribution in [1.82, 2.24) is 4.98 Å². The predicted molar refractivity (Wildman–Crippen MR) is 69.8 cm³/mol. The number of benzene rings is 1. The van der Waals surface area contributed by atoms with Crippen molar-refractivity contribution in [2.24, 2.45) is 0 Å². The molecule has 0 atom stereocenters. The van der Waals surface area contributed by atoms with Gasteiger partial charge in [0.1, 0.15) is 22.9 Å². The summed E-state index contributed by atoms with van der Waals surface area (Å²) in [6.45, 7) is 0. The van der Waals surface area contributed by atoms with Crippen LogP contribution in [0.1, 0.15) is 10.4 Å². The molecular formula is C12H8BrFN2O3. The molecule has 0 unspecified atom stereocenters. The van der Waals surface area contributed by atoms with Gasteiger partial charge in [0.15, 0.2) is 0 Å². The zero-order valence-corrected chi connectivity index (χ0v) is 11.0. The van der Waals surface area contributed by atoms with E-state index in [0.29, 0.717) is 10.2 Å². The normalized spacial score (nSPS) is 10.2. The standard InChI is InChI=1S/C12H8BrFN2O3/c13-6-3-7(5-16-4-6)19-9-2-1-8(14)11(15)10(9)12(17)18/h1-5H,15H2,(H,17,18). The number of aromatic nitrogens is 1. The van der Waals surface area contributed by atoms with Gasteiger partial charge >= 0.3 is 5.97 Å². The molecule has 5 nitrogen and oxygen atoms in total. The molecule has 1 heterocycles. The van der Waals surface area contributed by atoms with Crippen LogP contribution in [0.2, 0.25) is 0 Å². The Morgan fingerprint density at radius 1 is 1.42 bits per heavy atom. The van der Waals surface area contributed by atoms with E-state index in [1.807, 2.05) is 0 Å². The molecule has 0 fully saturated rings. The summed E-state index contributed by atoms with van der Waals surface area (Å²) >= 11 is 3.21. The second-order valence-electron chi connectivity index (χ2n) is 3.58. The molecule has 0 aliphatic rings. The lowest BCUT2D eigenvalue weighted by Gasteiger charge is -2.11. The predicted octanol–water partition coefficient (Wildman–Crippen LogP) is 3.06. The average Bonchev–Trinajstić information content (AvgIpc) is 2.33. The van der Waals surface area contributed by atoms with Gasteiger partial charge in [-0.25, -0.2) is 9.18 Å². The van der Waals surface area contributed by atoms with E-state index in [1.165, 1.54) is 12.3 Å². The van der Waals surface area contributed by atoms with Gasteiger partial charge < -0.3 is 15.6 Å². The minimum Gasteiger partial charge on any atom is -0.477 e. The number of aromatic carboxylic acids is 1. The lowest BCUT2D eigenvalue weighted by molar-refractivity contribution is 0.0695. The highest BCUT2D eigenvalue weighted by molar-refractivity contribution is 9.10. The molecule has 98 valence electrons. The number of carbonyl (C=O) groups is 1. The second-order valence-corrected chi connectivity index (χ2v) is 4.50. The Labute approximate surface area is 116 Å². The van der Waals surface area contributed by atoms with Crippen LogP contribution in [0, 0.1) is 5.82 Å². The number of anilines is 1. The van der Waals surface area contributed by atoms with E-state index in [1.54, 1.807) is 12.3 Å². The van der Waals surface area contributed by atoms with Gasteiger partial charge in [-0.1, -0.05) is 0 Å². The number of rotatable bonds is 3. The molecule has 7 heteroatoms. The highest BCUT2D eigenvalue weighted by Crippen LogP contribution is 2.31. The summed E-state index contributed by atoms with van der Waals surface area (Å²) in [4.78, 5) is 15.0. The highest BCUT2D eigenvalue weighted by Gasteiger charge is 2.19. The zero-order valence-electron chi connectivity index (χ0n) is 9.43. The molecule has 0 bridgehead atoms. The number of hydrogen-bond donors (Lipinski definition) is 2. The first-order valence-electron chi connectivity index (χ1n) is 5.08. The first-order valence-corrected chi connectivity index (χ1v) is 5.88. The lowest BCUT2D eigenvalue weighted by atomic mass is 10.1. The molecule has 3 N–H and O–H groups in total. The number of hydrogen-bond acceptors (Lipinski definition) is 4. The molecule has 0 spiro atoms. The minimum absolute atomic E-state index is 0.0497. The second kappa shape index (κ2) is 5.23. The number of nitrogens with zero attached hydrogens (tertiary/aromatic N) is 1. The van der Waals surface area contributed by atoms with E-state index in [-0.39, 0.29) is 5.75 Å². The van der Waals surface area contributed by atoms with Crippen molar-refractivity contribution in [1.29, 1.82) is 0 Å². The van der Waals surface area contributed by atoms with Crippen LogP contribution in [0.15, 0.2) is 35.1 Å². The van der Waals surface area contributed by atoms with Gasteiger partial charge in [0.2, 0.25) is 0 Å². The van der Waals surface area contributed by atoms with Gasteiger partial charge in [0, 0.05) is 10.7 Å². The van der Waals surface area contributed by atoms with E-state index in [4.69, 9.17) is 15.6 Å². The third kappa shape index (κ3) is 2.82. The Bertz CT molecular complexity index is 649. The summed E-state index contributed by atoms with van der Waals surface area (Å²) < 4.78 is 19.3. The van der Waals surface area contributed by atoms with Crippen molar-refractivity contribution >= 4 is 27.6 Å². The SMILES string of the molecule is Nc1c(F)ccc(Oc2cncc(Br)c2)c1C(=O)O. The third-order valence-corrected chi connectivity index (χ3v) is 2.71. The summed E-state index contributed by atoms with van der Waals surface area (Å²) in [5, 5.41) is 9.05. The van der Waals surface area contributed by atoms with E-state index < -0.39 is 23.0 Å². The van der Waals surface area contributed by atoms with Gasteiger partial charge in [-0.2, -0.15) is 0 Å². The molecule has 0 aliphatic heterocycles. The van der Waals surface area contributed by atoms with Crippen LogP contribution in [0.4, 0.5) is 10.1 Å². The number of nitrogen functional groups attached to an aromatic ring is 1. The van der Waals surface area contributed by atoms with Crippen molar-refractivity contribution in [3.8, 4) is 11.5 Å². The van der Waals surface area contributed by atoms with Crippen LogP contribution in [-0.2, 0) is 0 Å². The Kier molecular flexibility index (Phi) is 3.66. The quantitative estimate of drug-likeness (QED) is 0.846. The molecule has 0 saturated carbocycles. The maximum Gasteiger partial charge on any atom is 0.341 e. The Hall–Kier alpha value is -2.15. The number of pyridine rings is 1. The maximum absolute atomic E-state index is 13.3. The van der Waals surface area contributed by atoms with E-state index in [2.05, 4.69) is 20.9 Å². The van der Waals surface area contributed by atoms with Crippen molar-refractivity contribution in [2.75, 3.05) is 5.73 Å². The van der Waals surface area contributed by atoms with Gasteiger partial charge in [-0.3, -0.25) is 4.98 Å². The zero-order chi connectivity index (χ0) is 14.0. The van der Waals surface area contributed by atoms with Crippen molar-refractivity contribution in [3.05, 3.63) is 46.4 Å². The summed E-state index contributed by atoms with van der Waals surface area (Å²) in [5.41, 5.74) is 4.53. The van der Waals surface area contributed by atoms with Crippen molar-refractivity contribution in [2.45, 2.75) is 0 Å². The van der Waals surface area contributed by atoms with Crippen molar-refractivity contribution < 1.29 is 19.0 Å². The number of carboxylic acids is 1. The molecule has 1 aromatic carbocycles. The number of ether oxygens (including phenoxy) is 1. The lowest BCUT2D eigenvalue weighted by Crippen LogP contribution is -2.07. The summed E-state index contributed by atoms with van der Waals surface area (Å²) in [6, 6.07) is 3.84. The Morgan fingerprint density at radius 3 is 2.79 bits per heavy atom. The summed E-state index contributed by atoms with van der Waals surface area (Å²) in [5.74, 6) is -1.92. The van der Waals surface area contributed by atoms with Gasteiger partial charge in [-0.05, 0) is 34.1 Å². The first-order chi connectivity index (χ1) is 8.99. The highest BCUT2D eigenvalue weighted by atomic mass is 79.9. The van der Waals surface area contributed by atoms with Crippen LogP contribution < -0.4 is 10.5 Å². The van der Waals surface area contributed by atoms with E-state index in [0.717, 1.165) is 6.07 Å². The minimum atomic E-state index is -1.37. The molecule has 0 radical (unpaired) electrons.